The topological polar surface area (TPSA) is 54.0 Å². The van der Waals surface area contributed by atoms with Crippen molar-refractivity contribution in [3.8, 4) is 11.3 Å². The van der Waals surface area contributed by atoms with Crippen molar-refractivity contribution in [2.45, 2.75) is 6.18 Å². The van der Waals surface area contributed by atoms with Gasteiger partial charge in [-0.15, -0.1) is 0 Å². The second-order valence-electron chi connectivity index (χ2n) is 6.85. The van der Waals surface area contributed by atoms with Gasteiger partial charge in [0, 0.05) is 28.5 Å². The third-order valence-corrected chi connectivity index (χ3v) is 5.34. The monoisotopic (exact) mass is 475 g/mol. The second kappa shape index (κ2) is 8.68. The fourth-order valence-electron chi connectivity index (χ4n) is 3.23. The molecule has 0 aliphatic rings. The minimum absolute atomic E-state index is 0.0517. The standard InChI is InChI=1S/C23H14Cl2F3N3O/c24-19-7-5-14(11-17(19)21-16-4-2-1-3-13(16)9-10-29-21)30-22(32)31-15-6-8-20(25)18(12-15)23(26,27)28/h1-12H,(H2,30,31,32). The van der Waals surface area contributed by atoms with Gasteiger partial charge >= 0.3 is 12.2 Å². The Bertz CT molecular complexity index is 1320. The molecular formula is C23H14Cl2F3N3O. The summed E-state index contributed by atoms with van der Waals surface area (Å²) in [5.41, 5.74) is 0.551. The van der Waals surface area contributed by atoms with Crippen LogP contribution in [0.4, 0.5) is 29.3 Å². The summed E-state index contributed by atoms with van der Waals surface area (Å²) in [6.45, 7) is 0. The Morgan fingerprint density at radius 1 is 0.844 bits per heavy atom. The molecule has 0 saturated carbocycles. The zero-order valence-electron chi connectivity index (χ0n) is 16.2. The minimum atomic E-state index is -4.64. The number of urea groups is 1. The molecular weight excluding hydrogens is 462 g/mol. The molecule has 32 heavy (non-hydrogen) atoms. The predicted molar refractivity (Wildman–Crippen MR) is 121 cm³/mol. The molecule has 3 aromatic carbocycles. The maximum absolute atomic E-state index is 13.0. The number of carbonyl (C=O) groups excluding carboxylic acids is 1. The number of aromatic nitrogens is 1. The lowest BCUT2D eigenvalue weighted by atomic mass is 10.0. The number of benzene rings is 3. The van der Waals surface area contributed by atoms with Crippen molar-refractivity contribution in [3.05, 3.63) is 88.5 Å². The zero-order valence-corrected chi connectivity index (χ0v) is 17.7. The molecule has 162 valence electrons. The molecule has 1 heterocycles. The predicted octanol–water partition coefficient (Wildman–Crippen LogP) is 7.87. The van der Waals surface area contributed by atoms with E-state index in [2.05, 4.69) is 15.6 Å². The van der Waals surface area contributed by atoms with Crippen LogP contribution in [0.1, 0.15) is 5.56 Å². The largest absolute Gasteiger partial charge is 0.417 e. The van der Waals surface area contributed by atoms with E-state index >= 15 is 0 Å². The summed E-state index contributed by atoms with van der Waals surface area (Å²) >= 11 is 12.0. The lowest BCUT2D eigenvalue weighted by molar-refractivity contribution is -0.137. The summed E-state index contributed by atoms with van der Waals surface area (Å²) in [7, 11) is 0. The Balaban J connectivity index is 1.59. The Morgan fingerprint density at radius 3 is 2.22 bits per heavy atom. The van der Waals surface area contributed by atoms with Crippen molar-refractivity contribution >= 4 is 51.4 Å². The first-order valence-electron chi connectivity index (χ1n) is 9.31. The number of alkyl halides is 3. The molecule has 0 bridgehead atoms. The van der Waals surface area contributed by atoms with Crippen LogP contribution in [0, 0.1) is 0 Å². The molecule has 0 aliphatic heterocycles. The molecule has 0 unspecified atom stereocenters. The van der Waals surface area contributed by atoms with Gasteiger partial charge < -0.3 is 10.6 Å². The Kier molecular flexibility index (Phi) is 5.95. The van der Waals surface area contributed by atoms with E-state index in [1.165, 1.54) is 6.07 Å². The molecule has 1 aromatic heterocycles. The smallest absolute Gasteiger partial charge is 0.308 e. The van der Waals surface area contributed by atoms with E-state index in [4.69, 9.17) is 23.2 Å². The highest BCUT2D eigenvalue weighted by atomic mass is 35.5. The highest BCUT2D eigenvalue weighted by Crippen LogP contribution is 2.36. The molecule has 0 radical (unpaired) electrons. The summed E-state index contributed by atoms with van der Waals surface area (Å²) in [5.74, 6) is 0. The van der Waals surface area contributed by atoms with Crippen molar-refractivity contribution in [3.63, 3.8) is 0 Å². The summed E-state index contributed by atoms with van der Waals surface area (Å²) < 4.78 is 39.1. The van der Waals surface area contributed by atoms with Gasteiger partial charge in [0.25, 0.3) is 0 Å². The first-order chi connectivity index (χ1) is 15.2. The van der Waals surface area contributed by atoms with Crippen LogP contribution in [0.5, 0.6) is 0 Å². The molecule has 4 nitrogen and oxygen atoms in total. The van der Waals surface area contributed by atoms with Gasteiger partial charge in [-0.3, -0.25) is 4.98 Å². The van der Waals surface area contributed by atoms with E-state index in [0.717, 1.165) is 22.9 Å². The summed E-state index contributed by atoms with van der Waals surface area (Å²) in [5, 5.41) is 6.83. The number of rotatable bonds is 3. The highest BCUT2D eigenvalue weighted by Gasteiger charge is 2.33. The zero-order chi connectivity index (χ0) is 22.9. The van der Waals surface area contributed by atoms with Gasteiger partial charge in [0.1, 0.15) is 0 Å². The van der Waals surface area contributed by atoms with Crippen LogP contribution in [0.2, 0.25) is 10.0 Å². The Hall–Kier alpha value is -3.29. The number of hydrogen-bond acceptors (Lipinski definition) is 2. The molecule has 0 saturated heterocycles. The molecule has 4 rings (SSSR count). The number of pyridine rings is 1. The fourth-order valence-corrected chi connectivity index (χ4v) is 3.66. The van der Waals surface area contributed by atoms with E-state index in [1.807, 2.05) is 30.3 Å². The maximum Gasteiger partial charge on any atom is 0.417 e. The van der Waals surface area contributed by atoms with Crippen LogP contribution in [-0.2, 0) is 6.18 Å². The first kappa shape index (κ1) is 21.9. The van der Waals surface area contributed by atoms with Gasteiger partial charge in [-0.25, -0.2) is 4.79 Å². The van der Waals surface area contributed by atoms with Crippen molar-refractivity contribution in [2.75, 3.05) is 10.6 Å². The van der Waals surface area contributed by atoms with Gasteiger partial charge in [0.05, 0.1) is 21.3 Å². The van der Waals surface area contributed by atoms with Crippen molar-refractivity contribution < 1.29 is 18.0 Å². The van der Waals surface area contributed by atoms with E-state index in [-0.39, 0.29) is 5.69 Å². The van der Waals surface area contributed by atoms with E-state index in [9.17, 15) is 18.0 Å². The molecule has 0 aliphatic carbocycles. The summed E-state index contributed by atoms with van der Waals surface area (Å²) in [6, 6.07) is 16.8. The van der Waals surface area contributed by atoms with Crippen LogP contribution in [0.15, 0.2) is 72.9 Å². The average Bonchev–Trinajstić information content (AvgIpc) is 2.75. The minimum Gasteiger partial charge on any atom is -0.308 e. The van der Waals surface area contributed by atoms with Gasteiger partial charge in [-0.05, 0) is 47.9 Å². The van der Waals surface area contributed by atoms with Crippen LogP contribution in [-0.4, -0.2) is 11.0 Å². The number of nitrogens with one attached hydrogen (secondary N) is 2. The van der Waals surface area contributed by atoms with Crippen LogP contribution in [0.3, 0.4) is 0 Å². The lowest BCUT2D eigenvalue weighted by Crippen LogP contribution is -2.20. The van der Waals surface area contributed by atoms with Gasteiger partial charge in [-0.2, -0.15) is 13.2 Å². The molecule has 0 atom stereocenters. The van der Waals surface area contributed by atoms with E-state index in [0.29, 0.717) is 22.0 Å². The van der Waals surface area contributed by atoms with Crippen molar-refractivity contribution in [1.82, 2.24) is 4.98 Å². The number of hydrogen-bond donors (Lipinski definition) is 2. The Morgan fingerprint density at radius 2 is 1.50 bits per heavy atom. The molecule has 2 N–H and O–H groups in total. The van der Waals surface area contributed by atoms with Gasteiger partial charge in [0.2, 0.25) is 0 Å². The fraction of sp³-hybridized carbons (Fsp3) is 0.0435. The number of fused-ring (bicyclic) bond motifs is 1. The van der Waals surface area contributed by atoms with Crippen LogP contribution in [0.25, 0.3) is 22.0 Å². The summed E-state index contributed by atoms with van der Waals surface area (Å²) in [4.78, 5) is 16.8. The number of nitrogens with zero attached hydrogens (tertiary/aromatic N) is 1. The number of anilines is 2. The van der Waals surface area contributed by atoms with Crippen molar-refractivity contribution in [1.29, 1.82) is 0 Å². The highest BCUT2D eigenvalue weighted by molar-refractivity contribution is 6.34. The molecule has 2 amide bonds. The molecule has 4 aromatic rings. The third-order valence-electron chi connectivity index (χ3n) is 4.68. The maximum atomic E-state index is 13.0. The molecule has 9 heteroatoms. The third kappa shape index (κ3) is 4.64. The quantitative estimate of drug-likeness (QED) is 0.316. The lowest BCUT2D eigenvalue weighted by Gasteiger charge is -2.13. The van der Waals surface area contributed by atoms with Gasteiger partial charge in [0.15, 0.2) is 0 Å². The number of halogens is 5. The number of amides is 2. The van der Waals surface area contributed by atoms with Gasteiger partial charge in [-0.1, -0.05) is 47.5 Å². The van der Waals surface area contributed by atoms with Crippen molar-refractivity contribution in [2.24, 2.45) is 0 Å². The average molecular weight is 476 g/mol. The first-order valence-corrected chi connectivity index (χ1v) is 10.1. The van der Waals surface area contributed by atoms with E-state index < -0.39 is 22.8 Å². The Labute approximate surface area is 191 Å². The molecule has 0 spiro atoms. The molecule has 0 fully saturated rings. The SMILES string of the molecule is O=C(Nc1ccc(Cl)c(-c2nccc3ccccc23)c1)Nc1ccc(Cl)c(C(F)(F)F)c1. The van der Waals surface area contributed by atoms with Crippen LogP contribution >= 0.6 is 23.2 Å². The van der Waals surface area contributed by atoms with Crippen LogP contribution < -0.4 is 10.6 Å². The summed E-state index contributed by atoms with van der Waals surface area (Å²) in [6.07, 6.45) is -2.97. The number of carbonyl (C=O) groups is 1. The van der Waals surface area contributed by atoms with E-state index in [1.54, 1.807) is 24.4 Å². The normalized spacial score (nSPS) is 11.4. The second-order valence-corrected chi connectivity index (χ2v) is 7.66.